The number of pyridine rings is 1. The van der Waals surface area contributed by atoms with E-state index in [2.05, 4.69) is 25.3 Å². The molecule has 3 rings (SSSR count). The largest absolute Gasteiger partial charge is 0.433 e. The highest BCUT2D eigenvalue weighted by molar-refractivity contribution is 5.57. The molecule has 0 radical (unpaired) electrons. The smallest absolute Gasteiger partial charge is 0.370 e. The van der Waals surface area contributed by atoms with E-state index in [9.17, 15) is 13.2 Å². The maximum Gasteiger partial charge on any atom is 0.433 e. The molecule has 0 fully saturated rings. The maximum atomic E-state index is 13.2. The Morgan fingerprint density at radius 2 is 1.88 bits per heavy atom. The fraction of sp³-hybridized carbons (Fsp3) is 0.294. The van der Waals surface area contributed by atoms with Crippen molar-refractivity contribution in [3.05, 3.63) is 55.0 Å². The predicted molar refractivity (Wildman–Crippen MR) is 90.1 cm³/mol. The fourth-order valence-corrected chi connectivity index (χ4v) is 2.41. The zero-order chi connectivity index (χ0) is 18.6. The Balaban J connectivity index is 1.79. The van der Waals surface area contributed by atoms with Crippen molar-refractivity contribution in [2.75, 3.05) is 11.9 Å². The van der Waals surface area contributed by atoms with Gasteiger partial charge in [0, 0.05) is 49.5 Å². The zero-order valence-electron chi connectivity index (χ0n) is 14.0. The van der Waals surface area contributed by atoms with Crippen LogP contribution < -0.4 is 5.32 Å². The Bertz CT molecular complexity index is 833. The number of alkyl halides is 3. The second kappa shape index (κ2) is 7.51. The van der Waals surface area contributed by atoms with Gasteiger partial charge in [-0.3, -0.25) is 4.98 Å². The van der Waals surface area contributed by atoms with Gasteiger partial charge in [0.1, 0.15) is 5.82 Å². The molecule has 0 saturated carbocycles. The summed E-state index contributed by atoms with van der Waals surface area (Å²) in [6.07, 6.45) is 3.64. The summed E-state index contributed by atoms with van der Waals surface area (Å²) < 4.78 is 41.4. The van der Waals surface area contributed by atoms with Crippen molar-refractivity contribution in [1.82, 2.24) is 24.5 Å². The predicted octanol–water partition coefficient (Wildman–Crippen LogP) is 3.50. The van der Waals surface area contributed by atoms with Crippen molar-refractivity contribution in [3.63, 3.8) is 0 Å². The SMILES string of the molecule is CC(CNc1cc(C(F)(F)F)nc(-c2ccncc2)n1)Cn1ccnc1. The highest BCUT2D eigenvalue weighted by atomic mass is 19.4. The van der Waals surface area contributed by atoms with Gasteiger partial charge >= 0.3 is 6.18 Å². The molecule has 0 spiro atoms. The van der Waals surface area contributed by atoms with Crippen LogP contribution in [0.1, 0.15) is 12.6 Å². The third-order valence-electron chi connectivity index (χ3n) is 3.67. The maximum absolute atomic E-state index is 13.2. The number of halogens is 3. The van der Waals surface area contributed by atoms with Gasteiger partial charge in [-0.15, -0.1) is 0 Å². The number of nitrogens with one attached hydrogen (secondary N) is 1. The van der Waals surface area contributed by atoms with E-state index in [4.69, 9.17) is 0 Å². The van der Waals surface area contributed by atoms with Crippen LogP contribution in [0.3, 0.4) is 0 Å². The molecule has 26 heavy (non-hydrogen) atoms. The van der Waals surface area contributed by atoms with Crippen LogP contribution in [0.5, 0.6) is 0 Å². The average Bonchev–Trinajstić information content (AvgIpc) is 3.13. The van der Waals surface area contributed by atoms with E-state index < -0.39 is 11.9 Å². The molecule has 3 aromatic heterocycles. The Morgan fingerprint density at radius 3 is 2.54 bits per heavy atom. The van der Waals surface area contributed by atoms with Gasteiger partial charge in [-0.25, -0.2) is 15.0 Å². The van der Waals surface area contributed by atoms with Crippen LogP contribution >= 0.6 is 0 Å². The highest BCUT2D eigenvalue weighted by Crippen LogP contribution is 2.30. The Morgan fingerprint density at radius 1 is 1.12 bits per heavy atom. The van der Waals surface area contributed by atoms with Crippen molar-refractivity contribution in [1.29, 1.82) is 0 Å². The van der Waals surface area contributed by atoms with Gasteiger partial charge in [0.25, 0.3) is 0 Å². The van der Waals surface area contributed by atoms with E-state index >= 15 is 0 Å². The minimum Gasteiger partial charge on any atom is -0.370 e. The molecule has 6 nitrogen and oxygen atoms in total. The van der Waals surface area contributed by atoms with Crippen molar-refractivity contribution >= 4 is 5.82 Å². The molecule has 0 aliphatic heterocycles. The molecule has 0 bridgehead atoms. The molecule has 0 amide bonds. The molecule has 9 heteroatoms. The number of rotatable bonds is 6. The highest BCUT2D eigenvalue weighted by Gasteiger charge is 2.33. The van der Waals surface area contributed by atoms with Gasteiger partial charge in [0.2, 0.25) is 0 Å². The minimum atomic E-state index is -4.55. The van der Waals surface area contributed by atoms with E-state index in [1.807, 2.05) is 17.7 Å². The Hall–Kier alpha value is -2.97. The number of imidazole rings is 1. The first-order chi connectivity index (χ1) is 12.4. The molecular weight excluding hydrogens is 345 g/mol. The molecule has 0 saturated heterocycles. The van der Waals surface area contributed by atoms with E-state index in [1.165, 1.54) is 12.4 Å². The van der Waals surface area contributed by atoms with Crippen LogP contribution in [-0.4, -0.2) is 31.0 Å². The molecule has 136 valence electrons. The number of hydrogen-bond acceptors (Lipinski definition) is 5. The van der Waals surface area contributed by atoms with Gasteiger partial charge in [0.15, 0.2) is 11.5 Å². The number of nitrogens with zero attached hydrogens (tertiary/aromatic N) is 5. The van der Waals surface area contributed by atoms with E-state index in [0.717, 1.165) is 6.07 Å². The lowest BCUT2D eigenvalue weighted by molar-refractivity contribution is -0.141. The second-order valence-electron chi connectivity index (χ2n) is 5.94. The van der Waals surface area contributed by atoms with Gasteiger partial charge in [-0.2, -0.15) is 13.2 Å². The molecule has 0 aromatic carbocycles. The molecule has 1 atom stereocenters. The van der Waals surface area contributed by atoms with Gasteiger partial charge in [-0.05, 0) is 18.1 Å². The lowest BCUT2D eigenvalue weighted by atomic mass is 10.2. The van der Waals surface area contributed by atoms with E-state index in [1.54, 1.807) is 24.7 Å². The van der Waals surface area contributed by atoms with Gasteiger partial charge < -0.3 is 9.88 Å². The van der Waals surface area contributed by atoms with Crippen molar-refractivity contribution < 1.29 is 13.2 Å². The summed E-state index contributed by atoms with van der Waals surface area (Å²) in [6, 6.07) is 4.07. The molecular formula is C17H17F3N6. The molecule has 1 unspecified atom stereocenters. The third-order valence-corrected chi connectivity index (χ3v) is 3.67. The first-order valence-corrected chi connectivity index (χ1v) is 7.98. The summed E-state index contributed by atoms with van der Waals surface area (Å²) in [5.41, 5.74) is -0.510. The van der Waals surface area contributed by atoms with Crippen LogP contribution in [-0.2, 0) is 12.7 Å². The summed E-state index contributed by atoms with van der Waals surface area (Å²) in [7, 11) is 0. The van der Waals surface area contributed by atoms with Crippen molar-refractivity contribution in [2.24, 2.45) is 5.92 Å². The van der Waals surface area contributed by atoms with Crippen molar-refractivity contribution in [2.45, 2.75) is 19.6 Å². The summed E-state index contributed by atoms with van der Waals surface area (Å²) >= 11 is 0. The van der Waals surface area contributed by atoms with Crippen LogP contribution in [0, 0.1) is 5.92 Å². The molecule has 3 aromatic rings. The van der Waals surface area contributed by atoms with Gasteiger partial charge in [-0.1, -0.05) is 6.92 Å². The quantitative estimate of drug-likeness (QED) is 0.727. The van der Waals surface area contributed by atoms with E-state index in [-0.39, 0.29) is 17.6 Å². The Kier molecular flexibility index (Phi) is 5.15. The van der Waals surface area contributed by atoms with Gasteiger partial charge in [0.05, 0.1) is 6.33 Å². The molecule has 0 aliphatic rings. The third kappa shape index (κ3) is 4.56. The number of hydrogen-bond donors (Lipinski definition) is 1. The first-order valence-electron chi connectivity index (χ1n) is 7.98. The normalized spacial score (nSPS) is 12.8. The average molecular weight is 362 g/mol. The second-order valence-corrected chi connectivity index (χ2v) is 5.94. The number of anilines is 1. The lowest BCUT2D eigenvalue weighted by Crippen LogP contribution is -2.18. The van der Waals surface area contributed by atoms with Crippen molar-refractivity contribution in [3.8, 4) is 11.4 Å². The van der Waals surface area contributed by atoms with Crippen LogP contribution in [0.15, 0.2) is 49.3 Å². The van der Waals surface area contributed by atoms with Crippen LogP contribution in [0.2, 0.25) is 0 Å². The Labute approximate surface area is 148 Å². The minimum absolute atomic E-state index is 0.00647. The molecule has 1 N–H and O–H groups in total. The first kappa shape index (κ1) is 17.8. The zero-order valence-corrected chi connectivity index (χ0v) is 14.0. The standard InChI is InChI=1S/C17H17F3N6/c1-12(10-26-7-6-22-11-26)9-23-15-8-14(17(18,19)20)24-16(25-15)13-2-4-21-5-3-13/h2-8,11-12H,9-10H2,1H3,(H,23,24,25). The monoisotopic (exact) mass is 362 g/mol. The summed E-state index contributed by atoms with van der Waals surface area (Å²) in [5.74, 6) is 0.307. The van der Waals surface area contributed by atoms with Crippen LogP contribution in [0.25, 0.3) is 11.4 Å². The summed E-state index contributed by atoms with van der Waals surface area (Å²) in [4.78, 5) is 15.7. The van der Waals surface area contributed by atoms with Crippen LogP contribution in [0.4, 0.5) is 19.0 Å². The molecule has 0 aliphatic carbocycles. The topological polar surface area (TPSA) is 68.5 Å². The summed E-state index contributed by atoms with van der Waals surface area (Å²) in [6.45, 7) is 3.15. The van der Waals surface area contributed by atoms with E-state index in [0.29, 0.717) is 18.7 Å². The summed E-state index contributed by atoms with van der Waals surface area (Å²) in [5, 5.41) is 2.98. The fourth-order valence-electron chi connectivity index (χ4n) is 2.41. The lowest BCUT2D eigenvalue weighted by Gasteiger charge is -2.15. The molecule has 3 heterocycles. The number of aromatic nitrogens is 5.